The topological polar surface area (TPSA) is 49.4 Å². The lowest BCUT2D eigenvalue weighted by molar-refractivity contribution is -0.141. The van der Waals surface area contributed by atoms with Gasteiger partial charge in [-0.3, -0.25) is 9.59 Å². The van der Waals surface area contributed by atoms with Crippen molar-refractivity contribution in [3.8, 4) is 0 Å². The number of carbonyl (C=O) groups excluding carboxylic acids is 2. The van der Waals surface area contributed by atoms with Gasteiger partial charge in [-0.15, -0.1) is 0 Å². The number of hydrogen-bond donors (Lipinski definition) is 1. The first-order chi connectivity index (χ1) is 14.6. The monoisotopic (exact) mass is 406 g/mol. The van der Waals surface area contributed by atoms with E-state index in [0.717, 1.165) is 29.5 Å². The van der Waals surface area contributed by atoms with Crippen LogP contribution in [-0.2, 0) is 22.6 Å². The summed E-state index contributed by atoms with van der Waals surface area (Å²) in [5.41, 5.74) is 3.19. The number of carbonyl (C=O) groups is 2. The minimum atomic E-state index is -0.456. The molecule has 0 bridgehead atoms. The SMILES string of the molecule is CCC(C(=O)NC1CCCCC1)N(Cc1ccccc1C)C(=O)Cc1ccccc1. The Morgan fingerprint density at radius 1 is 1.00 bits per heavy atom. The van der Waals surface area contributed by atoms with Crippen LogP contribution >= 0.6 is 0 Å². The Bertz CT molecular complexity index is 828. The van der Waals surface area contributed by atoms with Crippen molar-refractivity contribution >= 4 is 11.8 Å². The maximum absolute atomic E-state index is 13.4. The normalized spacial score (nSPS) is 15.4. The fraction of sp³-hybridized carbons (Fsp3) is 0.462. The number of amides is 2. The van der Waals surface area contributed by atoms with E-state index in [4.69, 9.17) is 0 Å². The molecule has 0 saturated heterocycles. The van der Waals surface area contributed by atoms with Gasteiger partial charge in [-0.25, -0.2) is 0 Å². The van der Waals surface area contributed by atoms with E-state index >= 15 is 0 Å². The van der Waals surface area contributed by atoms with Crippen LogP contribution in [0.3, 0.4) is 0 Å². The number of hydrogen-bond acceptors (Lipinski definition) is 2. The summed E-state index contributed by atoms with van der Waals surface area (Å²) in [6.45, 7) is 4.50. The van der Waals surface area contributed by atoms with Gasteiger partial charge in [-0.1, -0.05) is 80.8 Å². The number of aryl methyl sites for hydroxylation is 1. The van der Waals surface area contributed by atoms with Crippen molar-refractivity contribution in [2.75, 3.05) is 0 Å². The van der Waals surface area contributed by atoms with Gasteiger partial charge in [-0.2, -0.15) is 0 Å². The molecule has 2 aromatic carbocycles. The maximum atomic E-state index is 13.4. The van der Waals surface area contributed by atoms with E-state index in [-0.39, 0.29) is 17.9 Å². The molecule has 1 N–H and O–H groups in total. The number of benzene rings is 2. The van der Waals surface area contributed by atoms with Gasteiger partial charge in [-0.05, 0) is 42.9 Å². The van der Waals surface area contributed by atoms with Gasteiger partial charge in [0.15, 0.2) is 0 Å². The van der Waals surface area contributed by atoms with Gasteiger partial charge in [0, 0.05) is 12.6 Å². The smallest absolute Gasteiger partial charge is 0.243 e. The molecule has 30 heavy (non-hydrogen) atoms. The van der Waals surface area contributed by atoms with E-state index in [1.54, 1.807) is 4.90 Å². The van der Waals surface area contributed by atoms with E-state index in [2.05, 4.69) is 18.3 Å². The van der Waals surface area contributed by atoms with E-state index in [1.807, 2.05) is 55.5 Å². The molecule has 4 nitrogen and oxygen atoms in total. The van der Waals surface area contributed by atoms with Crippen molar-refractivity contribution < 1.29 is 9.59 Å². The minimum Gasteiger partial charge on any atom is -0.352 e. The Morgan fingerprint density at radius 3 is 2.33 bits per heavy atom. The van der Waals surface area contributed by atoms with E-state index in [1.165, 1.54) is 19.3 Å². The first-order valence-electron chi connectivity index (χ1n) is 11.3. The molecule has 0 aromatic heterocycles. The summed E-state index contributed by atoms with van der Waals surface area (Å²) in [7, 11) is 0. The summed E-state index contributed by atoms with van der Waals surface area (Å²) >= 11 is 0. The molecule has 0 radical (unpaired) electrons. The van der Waals surface area contributed by atoms with Crippen LogP contribution in [0, 0.1) is 6.92 Å². The van der Waals surface area contributed by atoms with Crippen molar-refractivity contribution in [3.05, 3.63) is 71.3 Å². The van der Waals surface area contributed by atoms with Crippen LogP contribution in [0.15, 0.2) is 54.6 Å². The largest absolute Gasteiger partial charge is 0.352 e. The summed E-state index contributed by atoms with van der Waals surface area (Å²) in [4.78, 5) is 28.4. The average Bonchev–Trinajstić information content (AvgIpc) is 2.76. The van der Waals surface area contributed by atoms with E-state index in [9.17, 15) is 9.59 Å². The Hall–Kier alpha value is -2.62. The third kappa shape index (κ3) is 5.94. The molecule has 160 valence electrons. The molecule has 0 spiro atoms. The highest BCUT2D eigenvalue weighted by molar-refractivity contribution is 5.88. The Labute approximate surface area is 180 Å². The van der Waals surface area contributed by atoms with Crippen LogP contribution in [0.25, 0.3) is 0 Å². The molecule has 1 unspecified atom stereocenters. The van der Waals surface area contributed by atoms with Crippen LogP contribution in [0.5, 0.6) is 0 Å². The van der Waals surface area contributed by atoms with Crippen molar-refractivity contribution in [3.63, 3.8) is 0 Å². The molecule has 1 aliphatic rings. The van der Waals surface area contributed by atoms with Gasteiger partial charge < -0.3 is 10.2 Å². The minimum absolute atomic E-state index is 0.00454. The van der Waals surface area contributed by atoms with Crippen LogP contribution in [0.4, 0.5) is 0 Å². The molecular weight excluding hydrogens is 372 g/mol. The zero-order valence-electron chi connectivity index (χ0n) is 18.3. The van der Waals surface area contributed by atoms with Crippen molar-refractivity contribution in [2.24, 2.45) is 0 Å². The quantitative estimate of drug-likeness (QED) is 0.685. The Kier molecular flexibility index (Phi) is 8.06. The second-order valence-electron chi connectivity index (χ2n) is 8.38. The standard InChI is InChI=1S/C26H34N2O2/c1-3-24(26(30)27-23-16-8-5-9-17-23)28(19-22-15-11-10-12-20(22)2)25(29)18-21-13-6-4-7-14-21/h4,6-7,10-15,23-24H,3,5,8-9,16-19H2,1-2H3,(H,27,30). The highest BCUT2D eigenvalue weighted by Gasteiger charge is 2.30. The fourth-order valence-electron chi connectivity index (χ4n) is 4.31. The fourth-order valence-corrected chi connectivity index (χ4v) is 4.31. The first kappa shape index (κ1) is 22.1. The van der Waals surface area contributed by atoms with Gasteiger partial charge in [0.1, 0.15) is 6.04 Å². The van der Waals surface area contributed by atoms with Crippen LogP contribution in [-0.4, -0.2) is 28.8 Å². The van der Waals surface area contributed by atoms with Crippen molar-refractivity contribution in [1.29, 1.82) is 0 Å². The average molecular weight is 407 g/mol. The summed E-state index contributed by atoms with van der Waals surface area (Å²) in [6, 6.07) is 17.6. The van der Waals surface area contributed by atoms with Crippen LogP contribution < -0.4 is 5.32 Å². The van der Waals surface area contributed by atoms with Crippen molar-refractivity contribution in [2.45, 2.75) is 77.4 Å². The molecule has 3 rings (SSSR count). The van der Waals surface area contributed by atoms with Gasteiger partial charge >= 0.3 is 0 Å². The Balaban J connectivity index is 1.80. The van der Waals surface area contributed by atoms with Crippen LogP contribution in [0.1, 0.15) is 62.1 Å². The molecule has 2 amide bonds. The summed E-state index contributed by atoms with van der Waals surface area (Å²) in [5.74, 6) is -0.0190. The van der Waals surface area contributed by atoms with E-state index < -0.39 is 6.04 Å². The zero-order chi connectivity index (χ0) is 21.3. The van der Waals surface area contributed by atoms with Gasteiger partial charge in [0.2, 0.25) is 11.8 Å². The molecule has 0 heterocycles. The Morgan fingerprint density at radius 2 is 1.67 bits per heavy atom. The number of nitrogens with zero attached hydrogens (tertiary/aromatic N) is 1. The molecule has 1 saturated carbocycles. The van der Waals surface area contributed by atoms with Gasteiger partial charge in [0.25, 0.3) is 0 Å². The summed E-state index contributed by atoms with van der Waals surface area (Å²) < 4.78 is 0. The zero-order valence-corrected chi connectivity index (χ0v) is 18.3. The molecule has 1 atom stereocenters. The molecule has 4 heteroatoms. The van der Waals surface area contributed by atoms with Crippen LogP contribution in [0.2, 0.25) is 0 Å². The lowest BCUT2D eigenvalue weighted by Gasteiger charge is -2.33. The third-order valence-electron chi connectivity index (χ3n) is 6.14. The summed E-state index contributed by atoms with van der Waals surface area (Å²) in [5, 5.41) is 3.24. The van der Waals surface area contributed by atoms with Crippen molar-refractivity contribution in [1.82, 2.24) is 10.2 Å². The number of rotatable bonds is 8. The number of nitrogens with one attached hydrogen (secondary N) is 1. The second kappa shape index (κ2) is 11.0. The lowest BCUT2D eigenvalue weighted by Crippen LogP contribution is -2.52. The first-order valence-corrected chi connectivity index (χ1v) is 11.3. The summed E-state index contributed by atoms with van der Waals surface area (Å²) in [6.07, 6.45) is 6.57. The highest BCUT2D eigenvalue weighted by atomic mass is 16.2. The lowest BCUT2D eigenvalue weighted by atomic mass is 9.95. The third-order valence-corrected chi connectivity index (χ3v) is 6.14. The molecule has 1 fully saturated rings. The van der Waals surface area contributed by atoms with Gasteiger partial charge in [0.05, 0.1) is 6.42 Å². The predicted molar refractivity (Wildman–Crippen MR) is 121 cm³/mol. The maximum Gasteiger partial charge on any atom is 0.243 e. The molecule has 0 aliphatic heterocycles. The second-order valence-corrected chi connectivity index (χ2v) is 8.38. The highest BCUT2D eigenvalue weighted by Crippen LogP contribution is 2.20. The predicted octanol–water partition coefficient (Wildman–Crippen LogP) is 4.79. The molecular formula is C26H34N2O2. The molecule has 1 aliphatic carbocycles. The van der Waals surface area contributed by atoms with E-state index in [0.29, 0.717) is 19.4 Å². The molecule has 2 aromatic rings.